The minimum atomic E-state index is -1.03. The van der Waals surface area contributed by atoms with E-state index >= 15 is 0 Å². The van der Waals surface area contributed by atoms with Gasteiger partial charge in [0.15, 0.2) is 0 Å². The van der Waals surface area contributed by atoms with Gasteiger partial charge in [-0.15, -0.1) is 0 Å². The van der Waals surface area contributed by atoms with E-state index in [1.807, 2.05) is 42.5 Å². The second-order valence-corrected chi connectivity index (χ2v) is 6.98. The molecule has 0 saturated carbocycles. The Kier molecular flexibility index (Phi) is 7.21. The van der Waals surface area contributed by atoms with Crippen LogP contribution < -0.4 is 5.11 Å². The first-order chi connectivity index (χ1) is 11.6. The second-order valence-electron chi connectivity index (χ2n) is 5.31. The molecule has 0 atom stereocenters. The van der Waals surface area contributed by atoms with Gasteiger partial charge in [-0.1, -0.05) is 72.9 Å². The summed E-state index contributed by atoms with van der Waals surface area (Å²) in [6.07, 6.45) is 7.65. The Morgan fingerprint density at radius 1 is 1.21 bits per heavy atom. The Labute approximate surface area is 151 Å². The van der Waals surface area contributed by atoms with Gasteiger partial charge >= 0.3 is 0 Å². The van der Waals surface area contributed by atoms with E-state index < -0.39 is 5.97 Å². The van der Waals surface area contributed by atoms with Crippen LogP contribution in [0.25, 0.3) is 6.08 Å². The molecule has 24 heavy (non-hydrogen) atoms. The number of amides is 1. The molecule has 0 radical (unpaired) electrons. The fraction of sp³-hybridized carbons (Fsp3) is 0.278. The van der Waals surface area contributed by atoms with Crippen LogP contribution in [0.4, 0.5) is 0 Å². The molecular formula is C18H18NO3S2-. The SMILES string of the molecule is O=C([O-])CCCCCN1C(=O)C(=CC=Cc2ccccc2)SC1=S. The minimum absolute atomic E-state index is 0.0581. The van der Waals surface area contributed by atoms with Gasteiger partial charge in [-0.2, -0.15) is 0 Å². The Bertz CT molecular complexity index is 668. The van der Waals surface area contributed by atoms with Crippen LogP contribution in [0.5, 0.6) is 0 Å². The molecule has 2 rings (SSSR count). The first-order valence-electron chi connectivity index (χ1n) is 7.75. The van der Waals surface area contributed by atoms with Crippen LogP contribution in [-0.4, -0.2) is 27.6 Å². The predicted molar refractivity (Wildman–Crippen MR) is 98.9 cm³/mol. The molecule has 0 unspecified atom stereocenters. The van der Waals surface area contributed by atoms with Crippen molar-refractivity contribution in [2.75, 3.05) is 6.54 Å². The Morgan fingerprint density at radius 3 is 2.67 bits per heavy atom. The topological polar surface area (TPSA) is 60.4 Å². The summed E-state index contributed by atoms with van der Waals surface area (Å²) in [7, 11) is 0. The second kappa shape index (κ2) is 9.39. The number of hydrogen-bond acceptors (Lipinski definition) is 5. The zero-order chi connectivity index (χ0) is 17.4. The zero-order valence-electron chi connectivity index (χ0n) is 13.1. The molecule has 0 spiro atoms. The third-order valence-electron chi connectivity index (χ3n) is 3.47. The third kappa shape index (κ3) is 5.62. The van der Waals surface area contributed by atoms with E-state index in [0.717, 1.165) is 18.4 Å². The Morgan fingerprint density at radius 2 is 1.96 bits per heavy atom. The monoisotopic (exact) mass is 360 g/mol. The van der Waals surface area contributed by atoms with Crippen LogP contribution in [0, 0.1) is 0 Å². The number of thiocarbonyl (C=S) groups is 1. The average Bonchev–Trinajstić information content (AvgIpc) is 2.82. The smallest absolute Gasteiger partial charge is 0.266 e. The fourth-order valence-electron chi connectivity index (χ4n) is 2.23. The van der Waals surface area contributed by atoms with Crippen LogP contribution in [0.15, 0.2) is 47.4 Å². The number of hydrogen-bond donors (Lipinski definition) is 0. The molecule has 6 heteroatoms. The van der Waals surface area contributed by atoms with Crippen LogP contribution in [0.3, 0.4) is 0 Å². The highest BCUT2D eigenvalue weighted by atomic mass is 32.2. The number of rotatable bonds is 8. The van der Waals surface area contributed by atoms with Crippen molar-refractivity contribution in [1.82, 2.24) is 4.90 Å². The van der Waals surface area contributed by atoms with Crippen molar-refractivity contribution in [1.29, 1.82) is 0 Å². The van der Waals surface area contributed by atoms with E-state index in [2.05, 4.69) is 0 Å². The van der Waals surface area contributed by atoms with Crippen molar-refractivity contribution in [3.63, 3.8) is 0 Å². The van der Waals surface area contributed by atoms with E-state index in [0.29, 0.717) is 22.2 Å². The normalized spacial score (nSPS) is 16.5. The average molecular weight is 360 g/mol. The maximum atomic E-state index is 12.3. The lowest BCUT2D eigenvalue weighted by atomic mass is 10.2. The number of carboxylic acids is 1. The summed E-state index contributed by atoms with van der Waals surface area (Å²) in [5, 5.41) is 10.4. The van der Waals surface area contributed by atoms with Gasteiger partial charge < -0.3 is 9.90 Å². The number of carbonyl (C=O) groups is 2. The van der Waals surface area contributed by atoms with E-state index in [1.54, 1.807) is 11.0 Å². The quantitative estimate of drug-likeness (QED) is 0.405. The van der Waals surface area contributed by atoms with Gasteiger partial charge in [-0.05, 0) is 30.9 Å². The Hall–Kier alpha value is -1.92. The van der Waals surface area contributed by atoms with Crippen molar-refractivity contribution >= 4 is 46.3 Å². The van der Waals surface area contributed by atoms with Crippen molar-refractivity contribution in [3.05, 3.63) is 53.0 Å². The zero-order valence-corrected chi connectivity index (χ0v) is 14.8. The molecule has 0 aromatic heterocycles. The highest BCUT2D eigenvalue weighted by molar-refractivity contribution is 8.26. The van der Waals surface area contributed by atoms with Crippen LogP contribution >= 0.6 is 24.0 Å². The van der Waals surface area contributed by atoms with E-state index in [1.165, 1.54) is 11.8 Å². The first kappa shape index (κ1) is 18.4. The number of aliphatic carboxylic acids is 1. The van der Waals surface area contributed by atoms with Gasteiger partial charge in [-0.3, -0.25) is 9.69 Å². The van der Waals surface area contributed by atoms with Gasteiger partial charge in [-0.25, -0.2) is 0 Å². The van der Waals surface area contributed by atoms with E-state index in [4.69, 9.17) is 12.2 Å². The molecule has 4 nitrogen and oxygen atoms in total. The largest absolute Gasteiger partial charge is 0.550 e. The van der Waals surface area contributed by atoms with Gasteiger partial charge in [0.25, 0.3) is 5.91 Å². The molecule has 1 aromatic carbocycles. The number of unbranched alkanes of at least 4 members (excludes halogenated alkanes) is 2. The summed E-state index contributed by atoms with van der Waals surface area (Å²) in [6.45, 7) is 0.525. The van der Waals surface area contributed by atoms with Crippen LogP contribution in [-0.2, 0) is 9.59 Å². The lowest BCUT2D eigenvalue weighted by Gasteiger charge is -2.14. The van der Waals surface area contributed by atoms with Crippen molar-refractivity contribution in [3.8, 4) is 0 Å². The maximum absolute atomic E-state index is 12.3. The molecule has 1 aliphatic heterocycles. The molecule has 0 bridgehead atoms. The molecule has 0 N–H and O–H groups in total. The fourth-order valence-corrected chi connectivity index (χ4v) is 3.49. The number of benzene rings is 1. The predicted octanol–water partition coefficient (Wildman–Crippen LogP) is 2.75. The molecular weight excluding hydrogens is 342 g/mol. The molecule has 1 saturated heterocycles. The third-order valence-corrected chi connectivity index (χ3v) is 4.87. The van der Waals surface area contributed by atoms with Crippen LogP contribution in [0.1, 0.15) is 31.2 Å². The molecule has 126 valence electrons. The highest BCUT2D eigenvalue weighted by Crippen LogP contribution is 2.31. The molecule has 1 fully saturated rings. The minimum Gasteiger partial charge on any atom is -0.550 e. The summed E-state index contributed by atoms with van der Waals surface area (Å²) in [6, 6.07) is 9.85. The van der Waals surface area contributed by atoms with Crippen molar-refractivity contribution < 1.29 is 14.7 Å². The summed E-state index contributed by atoms with van der Waals surface area (Å²) in [5.41, 5.74) is 1.07. The number of nitrogens with zero attached hydrogens (tertiary/aromatic N) is 1. The number of carbonyl (C=O) groups excluding carboxylic acids is 2. The molecule has 1 aromatic rings. The lowest BCUT2D eigenvalue weighted by molar-refractivity contribution is -0.305. The number of carboxylic acid groups (broad SMARTS) is 1. The first-order valence-corrected chi connectivity index (χ1v) is 8.97. The standard InChI is InChI=1S/C18H19NO3S2/c20-16(21)12-5-2-6-13-19-17(22)15(24-18(19)23)11-7-10-14-8-3-1-4-9-14/h1,3-4,7-11H,2,5-6,12-13H2,(H,20,21)/p-1. The maximum Gasteiger partial charge on any atom is 0.266 e. The van der Waals surface area contributed by atoms with Gasteiger partial charge in [0.2, 0.25) is 0 Å². The van der Waals surface area contributed by atoms with Crippen molar-refractivity contribution in [2.45, 2.75) is 25.7 Å². The van der Waals surface area contributed by atoms with Crippen molar-refractivity contribution in [2.24, 2.45) is 0 Å². The van der Waals surface area contributed by atoms with Gasteiger partial charge in [0.1, 0.15) is 4.32 Å². The Balaban J connectivity index is 1.85. The number of thioether (sulfide) groups is 1. The summed E-state index contributed by atoms with van der Waals surface area (Å²) in [5.74, 6) is -1.11. The number of allylic oxidation sites excluding steroid dienone is 2. The van der Waals surface area contributed by atoms with Gasteiger partial charge in [0.05, 0.1) is 4.91 Å². The summed E-state index contributed by atoms with van der Waals surface area (Å²) >= 11 is 6.56. The molecule has 0 aliphatic carbocycles. The van der Waals surface area contributed by atoms with E-state index in [9.17, 15) is 14.7 Å². The van der Waals surface area contributed by atoms with Gasteiger partial charge in [0, 0.05) is 12.5 Å². The van der Waals surface area contributed by atoms with Crippen LogP contribution in [0.2, 0.25) is 0 Å². The molecule has 1 aliphatic rings. The summed E-state index contributed by atoms with van der Waals surface area (Å²) < 4.78 is 0.555. The molecule has 1 amide bonds. The summed E-state index contributed by atoms with van der Waals surface area (Å²) in [4.78, 5) is 24.9. The van der Waals surface area contributed by atoms with E-state index in [-0.39, 0.29) is 12.3 Å². The molecule has 1 heterocycles. The lowest BCUT2D eigenvalue weighted by Crippen LogP contribution is -2.29. The highest BCUT2D eigenvalue weighted by Gasteiger charge is 2.30.